The Morgan fingerprint density at radius 3 is 2.23 bits per heavy atom. The highest BCUT2D eigenvalue weighted by molar-refractivity contribution is 14.1. The SMILES string of the molecule is CC(C)OCC(=O)NCCOCCOCCOCCn1nnc2c1-c1ccccc1CN(C(=O)CCC(=O)NCCCCCCI)c1ccccc1-2. The van der Waals surface area contributed by atoms with Gasteiger partial charge in [0.15, 0.2) is 0 Å². The maximum Gasteiger partial charge on any atom is 0.246 e. The number of hydrogen-bond donors (Lipinski definition) is 2. The third-order valence-corrected chi connectivity index (χ3v) is 9.11. The molecule has 2 aromatic carbocycles. The molecule has 3 amide bonds. The number of unbranched alkanes of at least 4 members (excludes halogenated alkanes) is 3. The molecule has 0 unspecified atom stereocenters. The third kappa shape index (κ3) is 13.5. The van der Waals surface area contributed by atoms with E-state index < -0.39 is 0 Å². The number of rotatable bonds is 24. The molecule has 284 valence electrons. The topological polar surface area (TPSA) is 146 Å². The quantitative estimate of drug-likeness (QED) is 0.0729. The second-order valence-corrected chi connectivity index (χ2v) is 13.7. The van der Waals surface area contributed by atoms with E-state index in [9.17, 15) is 14.4 Å². The first kappa shape index (κ1) is 41.3. The van der Waals surface area contributed by atoms with Gasteiger partial charge in [-0.1, -0.05) is 83.1 Å². The third-order valence-electron chi connectivity index (χ3n) is 8.34. The van der Waals surface area contributed by atoms with Crippen LogP contribution in [0.1, 0.15) is 57.9 Å². The van der Waals surface area contributed by atoms with Crippen LogP contribution in [0, 0.1) is 0 Å². The number of fused-ring (bicyclic) bond motifs is 5. The fourth-order valence-corrected chi connectivity index (χ4v) is 6.23. The van der Waals surface area contributed by atoms with Crippen molar-refractivity contribution in [2.45, 2.75) is 71.6 Å². The van der Waals surface area contributed by atoms with Gasteiger partial charge in [0.2, 0.25) is 17.7 Å². The molecule has 13 nitrogen and oxygen atoms in total. The molecular weight excluding hydrogens is 779 g/mol. The van der Waals surface area contributed by atoms with E-state index in [0.717, 1.165) is 45.3 Å². The predicted octanol–water partition coefficient (Wildman–Crippen LogP) is 4.94. The van der Waals surface area contributed by atoms with Gasteiger partial charge in [-0.05, 0) is 42.7 Å². The van der Waals surface area contributed by atoms with Crippen molar-refractivity contribution in [2.75, 3.05) is 68.7 Å². The van der Waals surface area contributed by atoms with Gasteiger partial charge in [-0.15, -0.1) is 5.10 Å². The maximum absolute atomic E-state index is 13.7. The Morgan fingerprint density at radius 1 is 0.788 bits per heavy atom. The van der Waals surface area contributed by atoms with Crippen LogP contribution in [0.15, 0.2) is 48.5 Å². The Balaban J connectivity index is 1.27. The number of ether oxygens (including phenoxy) is 4. The second-order valence-electron chi connectivity index (χ2n) is 12.7. The number of aromatic nitrogens is 3. The van der Waals surface area contributed by atoms with E-state index in [0.29, 0.717) is 71.5 Å². The van der Waals surface area contributed by atoms with Crippen molar-refractivity contribution < 1.29 is 33.3 Å². The van der Waals surface area contributed by atoms with Crippen LogP contribution in [0.5, 0.6) is 0 Å². The van der Waals surface area contributed by atoms with Crippen molar-refractivity contribution in [2.24, 2.45) is 0 Å². The zero-order valence-electron chi connectivity index (χ0n) is 30.4. The Kier molecular flexibility index (Phi) is 18.5. The molecule has 52 heavy (non-hydrogen) atoms. The lowest BCUT2D eigenvalue weighted by Gasteiger charge is -2.28. The van der Waals surface area contributed by atoms with Crippen LogP contribution in [-0.2, 0) is 46.4 Å². The van der Waals surface area contributed by atoms with E-state index in [2.05, 4.69) is 43.5 Å². The minimum Gasteiger partial charge on any atom is -0.377 e. The fraction of sp³-hybridized carbons (Fsp3) is 0.553. The molecule has 0 saturated heterocycles. The molecule has 1 aliphatic rings. The molecule has 3 aromatic rings. The zero-order valence-corrected chi connectivity index (χ0v) is 32.6. The summed E-state index contributed by atoms with van der Waals surface area (Å²) in [5.41, 5.74) is 5.01. The van der Waals surface area contributed by atoms with Crippen LogP contribution in [0.25, 0.3) is 22.5 Å². The van der Waals surface area contributed by atoms with E-state index in [4.69, 9.17) is 18.9 Å². The summed E-state index contributed by atoms with van der Waals surface area (Å²) in [6.07, 6.45) is 4.69. The van der Waals surface area contributed by atoms with Gasteiger partial charge in [-0.3, -0.25) is 14.4 Å². The summed E-state index contributed by atoms with van der Waals surface area (Å²) in [4.78, 5) is 39.7. The Morgan fingerprint density at radius 2 is 1.46 bits per heavy atom. The summed E-state index contributed by atoms with van der Waals surface area (Å²) in [6, 6.07) is 15.7. The number of amides is 3. The second kappa shape index (κ2) is 23.3. The van der Waals surface area contributed by atoms with Gasteiger partial charge in [0.1, 0.15) is 12.3 Å². The lowest BCUT2D eigenvalue weighted by molar-refractivity contribution is -0.127. The largest absolute Gasteiger partial charge is 0.377 e. The highest BCUT2D eigenvalue weighted by atomic mass is 127. The minimum absolute atomic E-state index is 0.0142. The van der Waals surface area contributed by atoms with Gasteiger partial charge in [0, 0.05) is 37.1 Å². The van der Waals surface area contributed by atoms with Crippen molar-refractivity contribution in [1.29, 1.82) is 0 Å². The predicted molar refractivity (Wildman–Crippen MR) is 208 cm³/mol. The smallest absolute Gasteiger partial charge is 0.246 e. The van der Waals surface area contributed by atoms with E-state index >= 15 is 0 Å². The van der Waals surface area contributed by atoms with E-state index in [-0.39, 0.29) is 43.3 Å². The van der Waals surface area contributed by atoms with Crippen LogP contribution >= 0.6 is 22.6 Å². The molecule has 4 rings (SSSR count). The molecule has 0 fully saturated rings. The lowest BCUT2D eigenvalue weighted by atomic mass is 9.95. The molecule has 0 bridgehead atoms. The number of nitrogens with zero attached hydrogens (tertiary/aromatic N) is 4. The number of halogens is 1. The van der Waals surface area contributed by atoms with Crippen LogP contribution in [0.3, 0.4) is 0 Å². The van der Waals surface area contributed by atoms with E-state index in [1.807, 2.05) is 67.1 Å². The summed E-state index contributed by atoms with van der Waals surface area (Å²) in [5, 5.41) is 14.8. The van der Waals surface area contributed by atoms with Crippen molar-refractivity contribution in [3.05, 3.63) is 54.1 Å². The van der Waals surface area contributed by atoms with Crippen LogP contribution in [0.2, 0.25) is 0 Å². The van der Waals surface area contributed by atoms with Crippen LogP contribution in [0.4, 0.5) is 5.69 Å². The number of anilines is 1. The normalized spacial score (nSPS) is 12.1. The van der Waals surface area contributed by atoms with Gasteiger partial charge in [0.25, 0.3) is 0 Å². The van der Waals surface area contributed by atoms with Crippen molar-refractivity contribution in [3.8, 4) is 22.5 Å². The van der Waals surface area contributed by atoms with Crippen molar-refractivity contribution in [1.82, 2.24) is 25.6 Å². The zero-order chi connectivity index (χ0) is 37.0. The molecule has 1 aliphatic heterocycles. The number of carbonyl (C=O) groups is 3. The Bertz CT molecular complexity index is 1550. The molecule has 1 aromatic heterocycles. The number of para-hydroxylation sites is 1. The monoisotopic (exact) mass is 832 g/mol. The number of benzene rings is 2. The Labute approximate surface area is 320 Å². The first-order chi connectivity index (χ1) is 25.4. The van der Waals surface area contributed by atoms with Gasteiger partial charge in [-0.2, -0.15) is 0 Å². The number of nitrogens with one attached hydrogen (secondary N) is 2. The van der Waals surface area contributed by atoms with Crippen molar-refractivity contribution >= 4 is 46.0 Å². The summed E-state index contributed by atoms with van der Waals surface area (Å²) in [5.74, 6) is -0.375. The average Bonchev–Trinajstić information content (AvgIpc) is 3.56. The number of alkyl halides is 1. The molecule has 0 radical (unpaired) electrons. The summed E-state index contributed by atoms with van der Waals surface area (Å²) >= 11 is 2.38. The summed E-state index contributed by atoms with van der Waals surface area (Å²) in [6.45, 7) is 8.18. The standard InChI is InChI=1S/C38H53IN6O7/c1-29(2)52-28-35(47)41-19-21-49-23-25-51-26-24-50-22-20-45-38-31-12-6-5-11-30(31)27-44(33-14-8-7-13-32(33)37(38)42-43-45)36(48)16-15-34(46)40-18-10-4-3-9-17-39/h5-8,11-14,29H,3-4,9-10,15-28H2,1-2H3,(H,40,46)(H,41,47). The molecule has 0 saturated carbocycles. The highest BCUT2D eigenvalue weighted by Gasteiger charge is 2.29. The molecular formula is C38H53IN6O7. The van der Waals surface area contributed by atoms with Gasteiger partial charge < -0.3 is 34.5 Å². The molecule has 14 heteroatoms. The van der Waals surface area contributed by atoms with Crippen molar-refractivity contribution in [3.63, 3.8) is 0 Å². The van der Waals surface area contributed by atoms with Gasteiger partial charge in [0.05, 0.1) is 70.2 Å². The number of carbonyl (C=O) groups excluding carboxylic acids is 3. The Hall–Kier alpha value is -3.44. The first-order valence-electron chi connectivity index (χ1n) is 18.2. The molecule has 0 aliphatic carbocycles. The van der Waals surface area contributed by atoms with E-state index in [1.165, 1.54) is 12.8 Å². The van der Waals surface area contributed by atoms with Crippen LogP contribution < -0.4 is 15.5 Å². The molecule has 2 N–H and O–H groups in total. The maximum atomic E-state index is 13.7. The average molecular weight is 833 g/mol. The summed E-state index contributed by atoms with van der Waals surface area (Å²) < 4.78 is 25.3. The molecule has 2 heterocycles. The first-order valence-corrected chi connectivity index (χ1v) is 19.8. The number of hydrogen-bond acceptors (Lipinski definition) is 9. The lowest BCUT2D eigenvalue weighted by Crippen LogP contribution is -2.33. The minimum atomic E-state index is -0.159. The fourth-order valence-electron chi connectivity index (χ4n) is 5.69. The van der Waals surface area contributed by atoms with Gasteiger partial charge in [-0.25, -0.2) is 4.68 Å². The van der Waals surface area contributed by atoms with Gasteiger partial charge >= 0.3 is 0 Å². The van der Waals surface area contributed by atoms with Crippen LogP contribution in [-0.4, -0.2) is 103 Å². The summed E-state index contributed by atoms with van der Waals surface area (Å²) in [7, 11) is 0. The molecule has 0 atom stereocenters. The molecule has 0 spiro atoms. The van der Waals surface area contributed by atoms with E-state index in [1.54, 1.807) is 4.90 Å². The highest BCUT2D eigenvalue weighted by Crippen LogP contribution is 2.41.